The number of aryl methyl sites for hydroxylation is 2. The lowest BCUT2D eigenvalue weighted by molar-refractivity contribution is 0.0471. The van der Waals surface area contributed by atoms with E-state index < -0.39 is 15.4 Å². The molecule has 21 heavy (non-hydrogen) atoms. The van der Waals surface area contributed by atoms with Crippen LogP contribution in [0.1, 0.15) is 56.2 Å². The minimum absolute atomic E-state index is 0.157. The van der Waals surface area contributed by atoms with Gasteiger partial charge in [-0.1, -0.05) is 25.1 Å². The van der Waals surface area contributed by atoms with E-state index in [4.69, 9.17) is 0 Å². The van der Waals surface area contributed by atoms with Crippen LogP contribution < -0.4 is 0 Å². The number of benzene rings is 1. The molecule has 0 aromatic heterocycles. The van der Waals surface area contributed by atoms with Crippen molar-refractivity contribution in [3.63, 3.8) is 0 Å². The maximum atomic E-state index is 11.5. The fraction of sp³-hybridized carbons (Fsp3) is 0.647. The van der Waals surface area contributed by atoms with E-state index in [2.05, 4.69) is 12.1 Å². The summed E-state index contributed by atoms with van der Waals surface area (Å²) in [6.07, 6.45) is 5.66. The second kappa shape index (κ2) is 6.49. The Morgan fingerprint density at radius 1 is 1.19 bits per heavy atom. The van der Waals surface area contributed by atoms with E-state index in [0.717, 1.165) is 18.4 Å². The van der Waals surface area contributed by atoms with Gasteiger partial charge >= 0.3 is 0 Å². The molecule has 1 aliphatic carbocycles. The zero-order chi connectivity index (χ0) is 15.5. The fourth-order valence-electron chi connectivity index (χ4n) is 2.99. The van der Waals surface area contributed by atoms with Gasteiger partial charge in [0.25, 0.3) is 0 Å². The standard InChI is InChI=1S/C17H26O3S/c1-3-21(19,20)12-6-11-17(2,18)16-10-9-14-7-4-5-8-15(14)13-16/h9-10,13,18H,3-8,11-12H2,1-2H3. The molecule has 2 rings (SSSR count). The Balaban J connectivity index is 2.05. The van der Waals surface area contributed by atoms with E-state index in [9.17, 15) is 13.5 Å². The molecule has 1 aliphatic rings. The number of sulfone groups is 1. The Kier molecular flexibility index (Phi) is 5.10. The van der Waals surface area contributed by atoms with Gasteiger partial charge in [0.15, 0.2) is 0 Å². The molecule has 1 unspecified atom stereocenters. The topological polar surface area (TPSA) is 54.4 Å². The number of aliphatic hydroxyl groups is 1. The molecule has 1 N–H and O–H groups in total. The van der Waals surface area contributed by atoms with E-state index in [1.807, 2.05) is 6.07 Å². The van der Waals surface area contributed by atoms with Gasteiger partial charge in [0, 0.05) is 5.75 Å². The van der Waals surface area contributed by atoms with Gasteiger partial charge < -0.3 is 5.11 Å². The summed E-state index contributed by atoms with van der Waals surface area (Å²) in [7, 11) is -2.95. The first-order valence-corrected chi connectivity index (χ1v) is 9.71. The molecule has 1 aromatic rings. The largest absolute Gasteiger partial charge is 0.385 e. The van der Waals surface area contributed by atoms with Crippen LogP contribution >= 0.6 is 0 Å². The van der Waals surface area contributed by atoms with Gasteiger partial charge in [0.05, 0.1) is 11.4 Å². The molecule has 1 atom stereocenters. The van der Waals surface area contributed by atoms with Crippen molar-refractivity contribution in [1.82, 2.24) is 0 Å². The van der Waals surface area contributed by atoms with Crippen molar-refractivity contribution >= 4 is 9.84 Å². The molecule has 4 heteroatoms. The van der Waals surface area contributed by atoms with E-state index >= 15 is 0 Å². The van der Waals surface area contributed by atoms with Gasteiger partial charge in [-0.25, -0.2) is 8.42 Å². The Morgan fingerprint density at radius 2 is 1.86 bits per heavy atom. The predicted molar refractivity (Wildman–Crippen MR) is 86.2 cm³/mol. The first-order valence-electron chi connectivity index (χ1n) is 7.89. The van der Waals surface area contributed by atoms with Gasteiger partial charge in [-0.15, -0.1) is 0 Å². The number of hydrogen-bond donors (Lipinski definition) is 1. The number of rotatable bonds is 6. The zero-order valence-corrected chi connectivity index (χ0v) is 13.9. The van der Waals surface area contributed by atoms with Crippen molar-refractivity contribution in [2.24, 2.45) is 0 Å². The fourth-order valence-corrected chi connectivity index (χ4v) is 3.87. The molecule has 0 amide bonds. The van der Waals surface area contributed by atoms with Crippen LogP contribution in [0.2, 0.25) is 0 Å². The van der Waals surface area contributed by atoms with Crippen molar-refractivity contribution in [3.05, 3.63) is 34.9 Å². The second-order valence-corrected chi connectivity index (χ2v) is 8.78. The summed E-state index contributed by atoms with van der Waals surface area (Å²) in [6.45, 7) is 3.45. The molecule has 0 bridgehead atoms. The maximum absolute atomic E-state index is 11.5. The Bertz CT molecular complexity index is 588. The number of hydrogen-bond acceptors (Lipinski definition) is 3. The van der Waals surface area contributed by atoms with Crippen molar-refractivity contribution < 1.29 is 13.5 Å². The Morgan fingerprint density at radius 3 is 2.52 bits per heavy atom. The average molecular weight is 310 g/mol. The van der Waals surface area contributed by atoms with Gasteiger partial charge in [0.1, 0.15) is 9.84 Å². The minimum atomic E-state index is -2.95. The summed E-state index contributed by atoms with van der Waals surface area (Å²) in [6, 6.07) is 6.24. The minimum Gasteiger partial charge on any atom is -0.385 e. The second-order valence-electron chi connectivity index (χ2n) is 6.30. The summed E-state index contributed by atoms with van der Waals surface area (Å²) in [4.78, 5) is 0. The third-order valence-corrected chi connectivity index (χ3v) is 6.32. The first kappa shape index (κ1) is 16.5. The Labute approximate surface area is 128 Å². The van der Waals surface area contributed by atoms with Crippen LogP contribution in [0, 0.1) is 0 Å². The molecule has 0 aliphatic heterocycles. The van der Waals surface area contributed by atoms with Gasteiger partial charge in [-0.05, 0) is 62.1 Å². The third kappa shape index (κ3) is 4.30. The summed E-state index contributed by atoms with van der Waals surface area (Å²) in [5, 5.41) is 10.7. The van der Waals surface area contributed by atoms with E-state index in [1.54, 1.807) is 13.8 Å². The van der Waals surface area contributed by atoms with E-state index in [0.29, 0.717) is 12.8 Å². The van der Waals surface area contributed by atoms with Crippen LogP contribution in [-0.2, 0) is 28.3 Å². The molecule has 118 valence electrons. The SMILES string of the molecule is CCS(=O)(=O)CCCC(C)(O)c1ccc2c(c1)CCCC2. The smallest absolute Gasteiger partial charge is 0.150 e. The van der Waals surface area contributed by atoms with Crippen molar-refractivity contribution in [3.8, 4) is 0 Å². The highest BCUT2D eigenvalue weighted by atomic mass is 32.2. The summed E-state index contributed by atoms with van der Waals surface area (Å²) in [5.41, 5.74) is 2.71. The summed E-state index contributed by atoms with van der Waals surface area (Å²) < 4.78 is 23.1. The lowest BCUT2D eigenvalue weighted by atomic mass is 9.85. The van der Waals surface area contributed by atoms with E-state index in [-0.39, 0.29) is 11.5 Å². The van der Waals surface area contributed by atoms with E-state index in [1.165, 1.54) is 24.0 Å². The van der Waals surface area contributed by atoms with Crippen LogP contribution in [0.4, 0.5) is 0 Å². The lowest BCUT2D eigenvalue weighted by Crippen LogP contribution is -2.23. The molecule has 0 heterocycles. The monoisotopic (exact) mass is 310 g/mol. The molecule has 3 nitrogen and oxygen atoms in total. The highest BCUT2D eigenvalue weighted by Gasteiger charge is 2.25. The van der Waals surface area contributed by atoms with Crippen molar-refractivity contribution in [2.45, 2.75) is 58.0 Å². The highest BCUT2D eigenvalue weighted by molar-refractivity contribution is 7.91. The molecule has 0 radical (unpaired) electrons. The molecule has 0 saturated carbocycles. The first-order chi connectivity index (χ1) is 9.84. The van der Waals surface area contributed by atoms with Gasteiger partial charge in [0.2, 0.25) is 0 Å². The maximum Gasteiger partial charge on any atom is 0.150 e. The average Bonchev–Trinajstić information content (AvgIpc) is 2.46. The molecular weight excluding hydrogens is 284 g/mol. The lowest BCUT2D eigenvalue weighted by Gasteiger charge is -2.26. The highest BCUT2D eigenvalue weighted by Crippen LogP contribution is 2.30. The molecule has 0 saturated heterocycles. The quantitative estimate of drug-likeness (QED) is 0.879. The summed E-state index contributed by atoms with van der Waals surface area (Å²) >= 11 is 0. The van der Waals surface area contributed by atoms with Crippen molar-refractivity contribution in [1.29, 1.82) is 0 Å². The van der Waals surface area contributed by atoms with Gasteiger partial charge in [-0.3, -0.25) is 0 Å². The zero-order valence-electron chi connectivity index (χ0n) is 13.1. The van der Waals surface area contributed by atoms with Crippen LogP contribution in [0.3, 0.4) is 0 Å². The van der Waals surface area contributed by atoms with Crippen LogP contribution in [0.15, 0.2) is 18.2 Å². The van der Waals surface area contributed by atoms with Crippen molar-refractivity contribution in [2.75, 3.05) is 11.5 Å². The summed E-state index contributed by atoms with van der Waals surface area (Å²) in [5.74, 6) is 0.332. The molecule has 0 spiro atoms. The normalized spacial score (nSPS) is 18.0. The Hall–Kier alpha value is -0.870. The molecular formula is C17H26O3S. The van der Waals surface area contributed by atoms with Crippen LogP contribution in [-0.4, -0.2) is 25.0 Å². The van der Waals surface area contributed by atoms with Crippen LogP contribution in [0.25, 0.3) is 0 Å². The number of fused-ring (bicyclic) bond motifs is 1. The third-order valence-electron chi connectivity index (χ3n) is 4.53. The van der Waals surface area contributed by atoms with Gasteiger partial charge in [-0.2, -0.15) is 0 Å². The molecule has 1 aromatic carbocycles. The molecule has 0 fully saturated rings. The van der Waals surface area contributed by atoms with Crippen LogP contribution in [0.5, 0.6) is 0 Å². The predicted octanol–water partition coefficient (Wildman–Crippen LogP) is 2.99.